The highest BCUT2D eigenvalue weighted by atomic mass is 16.6. The van der Waals surface area contributed by atoms with Gasteiger partial charge in [0.1, 0.15) is 11.2 Å². The lowest BCUT2D eigenvalue weighted by atomic mass is 9.80. The lowest BCUT2D eigenvalue weighted by Crippen LogP contribution is -2.57. The van der Waals surface area contributed by atoms with Crippen LogP contribution in [0.4, 0.5) is 4.79 Å². The van der Waals surface area contributed by atoms with Crippen molar-refractivity contribution in [2.75, 3.05) is 26.2 Å². The number of hydrogen-bond donors (Lipinski definition) is 1. The molecule has 0 spiro atoms. The molecule has 3 fully saturated rings. The first-order valence-corrected chi connectivity index (χ1v) is 8.68. The third-order valence-corrected chi connectivity index (χ3v) is 5.09. The number of piperidine rings is 1. The lowest BCUT2D eigenvalue weighted by molar-refractivity contribution is -0.145. The van der Waals surface area contributed by atoms with E-state index in [1.165, 1.54) is 0 Å². The zero-order valence-corrected chi connectivity index (χ0v) is 14.4. The van der Waals surface area contributed by atoms with Crippen molar-refractivity contribution in [3.63, 3.8) is 0 Å². The molecule has 0 unspecified atom stereocenters. The van der Waals surface area contributed by atoms with E-state index in [2.05, 4.69) is 0 Å². The summed E-state index contributed by atoms with van der Waals surface area (Å²) in [4.78, 5) is 27.8. The Balaban J connectivity index is 1.48. The van der Waals surface area contributed by atoms with Crippen LogP contribution in [0.25, 0.3) is 0 Å². The molecular formula is C17H28N2O4. The van der Waals surface area contributed by atoms with Gasteiger partial charge in [0.15, 0.2) is 0 Å². The van der Waals surface area contributed by atoms with Gasteiger partial charge in [0.05, 0.1) is 0 Å². The molecule has 6 heteroatoms. The summed E-state index contributed by atoms with van der Waals surface area (Å²) >= 11 is 0. The fourth-order valence-electron chi connectivity index (χ4n) is 3.49. The van der Waals surface area contributed by atoms with Crippen molar-refractivity contribution in [3.8, 4) is 0 Å². The van der Waals surface area contributed by atoms with E-state index in [9.17, 15) is 14.7 Å². The largest absolute Gasteiger partial charge is 0.444 e. The number of ether oxygens (including phenoxy) is 1. The molecule has 0 bridgehead atoms. The van der Waals surface area contributed by atoms with Gasteiger partial charge >= 0.3 is 6.09 Å². The zero-order chi connectivity index (χ0) is 16.8. The summed E-state index contributed by atoms with van der Waals surface area (Å²) in [5.41, 5.74) is -1.53. The second-order valence-electron chi connectivity index (χ2n) is 8.33. The fraction of sp³-hybridized carbons (Fsp3) is 0.882. The van der Waals surface area contributed by atoms with Gasteiger partial charge in [-0.3, -0.25) is 4.79 Å². The van der Waals surface area contributed by atoms with Crippen LogP contribution in [0.3, 0.4) is 0 Å². The highest BCUT2D eigenvalue weighted by Crippen LogP contribution is 2.39. The van der Waals surface area contributed by atoms with E-state index < -0.39 is 11.2 Å². The van der Waals surface area contributed by atoms with Crippen LogP contribution in [-0.4, -0.2) is 64.3 Å². The quantitative estimate of drug-likeness (QED) is 0.838. The average molecular weight is 324 g/mol. The monoisotopic (exact) mass is 324 g/mol. The molecule has 6 nitrogen and oxygen atoms in total. The van der Waals surface area contributed by atoms with Gasteiger partial charge in [0.2, 0.25) is 0 Å². The van der Waals surface area contributed by atoms with Gasteiger partial charge in [-0.1, -0.05) is 0 Å². The molecule has 1 aliphatic carbocycles. The predicted molar refractivity (Wildman–Crippen MR) is 84.8 cm³/mol. The first kappa shape index (κ1) is 16.6. The van der Waals surface area contributed by atoms with E-state index in [0.29, 0.717) is 44.3 Å². The van der Waals surface area contributed by atoms with Gasteiger partial charge in [-0.05, 0) is 58.3 Å². The Morgan fingerprint density at radius 1 is 1.09 bits per heavy atom. The minimum absolute atomic E-state index is 0.0921. The van der Waals surface area contributed by atoms with E-state index in [0.717, 1.165) is 19.4 Å². The number of hydrogen-bond acceptors (Lipinski definition) is 4. The Kier molecular flexibility index (Phi) is 4.07. The van der Waals surface area contributed by atoms with Crippen LogP contribution in [0, 0.1) is 11.8 Å². The summed E-state index contributed by atoms with van der Waals surface area (Å²) < 4.78 is 5.38. The molecule has 2 saturated heterocycles. The average Bonchev–Trinajstić information content (AvgIpc) is 3.14. The molecule has 0 radical (unpaired) electrons. The molecule has 1 saturated carbocycles. The molecule has 130 valence electrons. The van der Waals surface area contributed by atoms with Crippen molar-refractivity contribution < 1.29 is 19.4 Å². The fourth-order valence-corrected chi connectivity index (χ4v) is 3.49. The molecule has 3 rings (SSSR count). The van der Waals surface area contributed by atoms with Crippen LogP contribution >= 0.6 is 0 Å². The van der Waals surface area contributed by atoms with Gasteiger partial charge in [0, 0.05) is 26.2 Å². The van der Waals surface area contributed by atoms with Crippen molar-refractivity contribution >= 4 is 12.0 Å². The highest BCUT2D eigenvalue weighted by Gasteiger charge is 2.51. The molecule has 1 N–H and O–H groups in total. The summed E-state index contributed by atoms with van der Waals surface area (Å²) in [5, 5.41) is 10.0. The third kappa shape index (κ3) is 3.62. The Morgan fingerprint density at radius 2 is 1.70 bits per heavy atom. The molecule has 0 aromatic heterocycles. The number of nitrogens with zero attached hydrogens (tertiary/aromatic N) is 2. The van der Waals surface area contributed by atoms with E-state index in [-0.39, 0.29) is 12.0 Å². The summed E-state index contributed by atoms with van der Waals surface area (Å²) in [6, 6.07) is 0. The van der Waals surface area contributed by atoms with E-state index in [4.69, 9.17) is 4.74 Å². The van der Waals surface area contributed by atoms with Crippen LogP contribution < -0.4 is 0 Å². The number of amides is 2. The topological polar surface area (TPSA) is 70.1 Å². The summed E-state index contributed by atoms with van der Waals surface area (Å²) in [7, 11) is 0. The maximum atomic E-state index is 12.3. The minimum Gasteiger partial charge on any atom is -0.444 e. The minimum atomic E-state index is -1.07. The summed E-state index contributed by atoms with van der Waals surface area (Å²) in [6.45, 7) is 8.51. The summed E-state index contributed by atoms with van der Waals surface area (Å²) in [5.74, 6) is 0.770. The first-order valence-electron chi connectivity index (χ1n) is 8.68. The maximum Gasteiger partial charge on any atom is 0.410 e. The molecule has 2 amide bonds. The van der Waals surface area contributed by atoms with Crippen molar-refractivity contribution in [2.45, 2.75) is 57.7 Å². The highest BCUT2D eigenvalue weighted by molar-refractivity contribution is 5.87. The van der Waals surface area contributed by atoms with E-state index in [1.807, 2.05) is 25.7 Å². The molecule has 0 aromatic carbocycles. The van der Waals surface area contributed by atoms with Crippen molar-refractivity contribution in [1.29, 1.82) is 0 Å². The van der Waals surface area contributed by atoms with Crippen molar-refractivity contribution in [2.24, 2.45) is 11.8 Å². The number of rotatable bonds is 2. The second kappa shape index (κ2) is 5.65. The van der Waals surface area contributed by atoms with Crippen LogP contribution in [0.5, 0.6) is 0 Å². The smallest absolute Gasteiger partial charge is 0.410 e. The lowest BCUT2D eigenvalue weighted by Gasteiger charge is -2.46. The van der Waals surface area contributed by atoms with Crippen molar-refractivity contribution in [3.05, 3.63) is 0 Å². The molecule has 23 heavy (non-hydrogen) atoms. The van der Waals surface area contributed by atoms with E-state index >= 15 is 0 Å². The standard InChI is InChI=1S/C17H28N2O4/c1-16(2,3)23-15(21)19-10-13(11-19)12-5-4-8-18(9-12)14(20)17(22)6-7-17/h12-13,22H,4-11H2,1-3H3/t12-/m0/s1. The summed E-state index contributed by atoms with van der Waals surface area (Å²) in [6.07, 6.45) is 3.03. The Hall–Kier alpha value is -1.30. The van der Waals surface area contributed by atoms with Gasteiger partial charge in [0.25, 0.3) is 5.91 Å². The Labute approximate surface area is 137 Å². The van der Waals surface area contributed by atoms with Crippen LogP contribution in [0.1, 0.15) is 46.5 Å². The maximum absolute atomic E-state index is 12.3. The van der Waals surface area contributed by atoms with E-state index in [1.54, 1.807) is 4.90 Å². The third-order valence-electron chi connectivity index (χ3n) is 5.09. The van der Waals surface area contributed by atoms with Gasteiger partial charge in [-0.2, -0.15) is 0 Å². The Morgan fingerprint density at radius 3 is 2.26 bits per heavy atom. The normalized spacial score (nSPS) is 27.4. The molecule has 2 aliphatic heterocycles. The first-order chi connectivity index (χ1) is 10.7. The van der Waals surface area contributed by atoms with Crippen molar-refractivity contribution in [1.82, 2.24) is 9.80 Å². The second-order valence-corrected chi connectivity index (χ2v) is 8.33. The van der Waals surface area contributed by atoms with Crippen LogP contribution in [-0.2, 0) is 9.53 Å². The molecular weight excluding hydrogens is 296 g/mol. The number of likely N-dealkylation sites (tertiary alicyclic amines) is 2. The van der Waals surface area contributed by atoms with Gasteiger partial charge in [-0.25, -0.2) is 4.79 Å². The Bertz CT molecular complexity index is 489. The predicted octanol–water partition coefficient (Wildman–Crippen LogP) is 1.62. The molecule has 0 aromatic rings. The number of carbonyl (C=O) groups is 2. The number of carbonyl (C=O) groups excluding carboxylic acids is 2. The number of aliphatic hydroxyl groups is 1. The molecule has 1 atom stereocenters. The van der Waals surface area contributed by atoms with Crippen LogP contribution in [0.15, 0.2) is 0 Å². The van der Waals surface area contributed by atoms with Crippen LogP contribution in [0.2, 0.25) is 0 Å². The zero-order valence-electron chi connectivity index (χ0n) is 14.4. The van der Waals surface area contributed by atoms with Gasteiger partial charge in [-0.15, -0.1) is 0 Å². The molecule has 2 heterocycles. The SMILES string of the molecule is CC(C)(C)OC(=O)N1CC([C@H]2CCCN(C(=O)C3(O)CC3)C2)C1. The molecule has 3 aliphatic rings. The van der Waals surface area contributed by atoms with Gasteiger partial charge < -0.3 is 19.6 Å².